The smallest absolute Gasteiger partial charge is 0.226 e. The highest BCUT2D eigenvalue weighted by atomic mass is 16.3. The van der Waals surface area contributed by atoms with Crippen LogP contribution in [0.15, 0.2) is 21.5 Å². The van der Waals surface area contributed by atoms with Gasteiger partial charge in [-0.15, -0.1) is 0 Å². The molecule has 2 N–H and O–H groups in total. The Hall–Kier alpha value is -1.29. The zero-order valence-electron chi connectivity index (χ0n) is 6.83. The minimum Gasteiger partial charge on any atom is -0.502 e. The molecule has 1 rings (SSSR count). The van der Waals surface area contributed by atoms with E-state index in [1.54, 1.807) is 0 Å². The lowest BCUT2D eigenvalue weighted by Crippen LogP contribution is -2.11. The van der Waals surface area contributed by atoms with E-state index in [0.717, 1.165) is 12.8 Å². The summed E-state index contributed by atoms with van der Waals surface area (Å²) in [5, 5.41) is 11.8. The molecule has 0 bridgehead atoms. The van der Waals surface area contributed by atoms with Crippen molar-refractivity contribution in [2.24, 2.45) is 0 Å². The zero-order chi connectivity index (χ0) is 8.97. The Labute approximate surface area is 69.8 Å². The number of hydrogen-bond acceptors (Lipinski definition) is 4. The molecule has 4 nitrogen and oxygen atoms in total. The highest BCUT2D eigenvalue weighted by Crippen LogP contribution is 2.02. The largest absolute Gasteiger partial charge is 0.502 e. The van der Waals surface area contributed by atoms with Crippen LogP contribution in [-0.2, 0) is 6.42 Å². The van der Waals surface area contributed by atoms with Crippen molar-refractivity contribution in [3.8, 4) is 5.75 Å². The van der Waals surface area contributed by atoms with Crippen LogP contribution < -0.4 is 10.7 Å². The molecule has 1 aromatic heterocycles. The van der Waals surface area contributed by atoms with Gasteiger partial charge in [-0.3, -0.25) is 4.79 Å². The van der Waals surface area contributed by atoms with Gasteiger partial charge in [-0.25, -0.2) is 0 Å². The Morgan fingerprint density at radius 1 is 1.67 bits per heavy atom. The summed E-state index contributed by atoms with van der Waals surface area (Å²) in [7, 11) is 1.82. The van der Waals surface area contributed by atoms with Crippen molar-refractivity contribution in [3.63, 3.8) is 0 Å². The van der Waals surface area contributed by atoms with Crippen LogP contribution >= 0.6 is 0 Å². The van der Waals surface area contributed by atoms with E-state index in [4.69, 9.17) is 9.52 Å². The molecule has 0 aliphatic heterocycles. The van der Waals surface area contributed by atoms with Crippen LogP contribution in [0.1, 0.15) is 5.76 Å². The average Bonchev–Trinajstić information content (AvgIpc) is 2.07. The summed E-state index contributed by atoms with van der Waals surface area (Å²) in [5.74, 6) is 0.232. The quantitative estimate of drug-likeness (QED) is 0.674. The fourth-order valence-electron chi connectivity index (χ4n) is 0.823. The van der Waals surface area contributed by atoms with Crippen molar-refractivity contribution in [1.29, 1.82) is 0 Å². The molecule has 66 valence electrons. The fraction of sp³-hybridized carbons (Fsp3) is 0.375. The van der Waals surface area contributed by atoms with E-state index in [2.05, 4.69) is 5.32 Å². The highest BCUT2D eigenvalue weighted by molar-refractivity contribution is 5.15. The summed E-state index contributed by atoms with van der Waals surface area (Å²) in [6, 6.07) is 1.30. The predicted molar refractivity (Wildman–Crippen MR) is 44.3 cm³/mol. The maximum Gasteiger partial charge on any atom is 0.226 e. The highest BCUT2D eigenvalue weighted by Gasteiger charge is 1.99. The van der Waals surface area contributed by atoms with Gasteiger partial charge in [0.1, 0.15) is 12.0 Å². The van der Waals surface area contributed by atoms with Crippen LogP contribution in [0.2, 0.25) is 0 Å². The van der Waals surface area contributed by atoms with E-state index in [0.29, 0.717) is 12.2 Å². The SMILES string of the molecule is CNCCc1cc(=O)c(O)co1. The Kier molecular flexibility index (Phi) is 2.88. The standard InChI is InChI=1S/C8H11NO3/c1-9-3-2-6-4-7(10)8(11)5-12-6/h4-5,9,11H,2-3H2,1H3. The van der Waals surface area contributed by atoms with Gasteiger partial charge in [0.15, 0.2) is 5.75 Å². The summed E-state index contributed by atoms with van der Waals surface area (Å²) < 4.78 is 4.95. The predicted octanol–water partition coefficient (Wildman–Crippen LogP) is 0.107. The summed E-state index contributed by atoms with van der Waals surface area (Å²) in [6.45, 7) is 0.744. The number of hydrogen-bond donors (Lipinski definition) is 2. The first-order valence-electron chi connectivity index (χ1n) is 3.69. The Bertz CT molecular complexity index is 305. The van der Waals surface area contributed by atoms with Gasteiger partial charge in [0.25, 0.3) is 0 Å². The van der Waals surface area contributed by atoms with Gasteiger partial charge in [0.05, 0.1) is 0 Å². The van der Waals surface area contributed by atoms with Crippen LogP contribution in [0.25, 0.3) is 0 Å². The van der Waals surface area contributed by atoms with Crippen LogP contribution in [0, 0.1) is 0 Å². The second-order valence-corrected chi connectivity index (χ2v) is 2.45. The zero-order valence-corrected chi connectivity index (χ0v) is 6.83. The molecular formula is C8H11NO3. The Balaban J connectivity index is 2.76. The van der Waals surface area contributed by atoms with Crippen molar-refractivity contribution < 1.29 is 9.52 Å². The molecule has 0 aliphatic rings. The molecule has 4 heteroatoms. The van der Waals surface area contributed by atoms with Gasteiger partial charge >= 0.3 is 0 Å². The second kappa shape index (κ2) is 3.92. The molecule has 0 saturated heterocycles. The van der Waals surface area contributed by atoms with Crippen LogP contribution in [0.5, 0.6) is 5.75 Å². The van der Waals surface area contributed by atoms with Gasteiger partial charge < -0.3 is 14.8 Å². The molecule has 0 saturated carbocycles. The third kappa shape index (κ3) is 2.10. The summed E-state index contributed by atoms with van der Waals surface area (Å²) in [4.78, 5) is 10.9. The van der Waals surface area contributed by atoms with Crippen molar-refractivity contribution in [3.05, 3.63) is 28.3 Å². The van der Waals surface area contributed by atoms with Crippen molar-refractivity contribution in [2.75, 3.05) is 13.6 Å². The first-order valence-corrected chi connectivity index (χ1v) is 3.69. The summed E-state index contributed by atoms with van der Waals surface area (Å²) in [6.07, 6.45) is 1.71. The van der Waals surface area contributed by atoms with E-state index >= 15 is 0 Å². The monoisotopic (exact) mass is 169 g/mol. The summed E-state index contributed by atoms with van der Waals surface area (Å²) >= 11 is 0. The molecule has 0 aliphatic carbocycles. The molecular weight excluding hydrogens is 158 g/mol. The topological polar surface area (TPSA) is 62.5 Å². The van der Waals surface area contributed by atoms with Crippen LogP contribution in [-0.4, -0.2) is 18.7 Å². The molecule has 0 aromatic carbocycles. The van der Waals surface area contributed by atoms with E-state index in [9.17, 15) is 4.79 Å². The maximum absolute atomic E-state index is 10.9. The lowest BCUT2D eigenvalue weighted by Gasteiger charge is -1.98. The minimum absolute atomic E-state index is 0.344. The number of nitrogens with one attached hydrogen (secondary N) is 1. The Morgan fingerprint density at radius 2 is 2.42 bits per heavy atom. The number of rotatable bonds is 3. The van der Waals surface area contributed by atoms with Crippen LogP contribution in [0.4, 0.5) is 0 Å². The first kappa shape index (κ1) is 8.80. The first-order chi connectivity index (χ1) is 5.74. The lowest BCUT2D eigenvalue weighted by molar-refractivity contribution is 0.412. The normalized spacial score (nSPS) is 10.1. The average molecular weight is 169 g/mol. The molecule has 1 heterocycles. The molecule has 1 aromatic rings. The van der Waals surface area contributed by atoms with E-state index in [1.165, 1.54) is 6.07 Å². The van der Waals surface area contributed by atoms with Gasteiger partial charge in [-0.2, -0.15) is 0 Å². The van der Waals surface area contributed by atoms with E-state index in [-0.39, 0.29) is 5.75 Å². The molecule has 0 atom stereocenters. The minimum atomic E-state index is -0.396. The lowest BCUT2D eigenvalue weighted by atomic mass is 10.3. The van der Waals surface area contributed by atoms with Crippen molar-refractivity contribution in [2.45, 2.75) is 6.42 Å². The maximum atomic E-state index is 10.9. The third-order valence-corrected chi connectivity index (χ3v) is 1.49. The van der Waals surface area contributed by atoms with E-state index in [1.807, 2.05) is 7.05 Å². The second-order valence-electron chi connectivity index (χ2n) is 2.45. The van der Waals surface area contributed by atoms with Crippen LogP contribution in [0.3, 0.4) is 0 Å². The van der Waals surface area contributed by atoms with E-state index < -0.39 is 5.43 Å². The summed E-state index contributed by atoms with van der Waals surface area (Å²) in [5.41, 5.74) is -0.396. The molecule has 12 heavy (non-hydrogen) atoms. The van der Waals surface area contributed by atoms with Gasteiger partial charge in [0.2, 0.25) is 5.43 Å². The van der Waals surface area contributed by atoms with Gasteiger partial charge in [-0.05, 0) is 7.05 Å². The van der Waals surface area contributed by atoms with Gasteiger partial charge in [-0.1, -0.05) is 0 Å². The molecule has 0 fully saturated rings. The molecule has 0 unspecified atom stereocenters. The number of likely N-dealkylation sites (N-methyl/N-ethyl adjacent to an activating group) is 1. The molecule has 0 amide bonds. The number of aromatic hydroxyl groups is 1. The Morgan fingerprint density at radius 3 is 3.00 bits per heavy atom. The van der Waals surface area contributed by atoms with Gasteiger partial charge in [0, 0.05) is 19.0 Å². The van der Waals surface area contributed by atoms with Crippen molar-refractivity contribution >= 4 is 0 Å². The third-order valence-electron chi connectivity index (χ3n) is 1.49. The molecule has 0 spiro atoms. The molecule has 0 radical (unpaired) electrons. The van der Waals surface area contributed by atoms with Crippen molar-refractivity contribution in [1.82, 2.24) is 5.32 Å². The fourth-order valence-corrected chi connectivity index (χ4v) is 0.823.